The first-order chi connectivity index (χ1) is 18.6. The minimum absolute atomic E-state index is 0.175. The van der Waals surface area contributed by atoms with E-state index in [0.29, 0.717) is 44.6 Å². The SMILES string of the molecule is C[Si](C)(C)CCOC(=O)C1CCC(N2Cc3ccc(CCNC(=O)O)cc3C2=O)C(C(=O)OCC[Si](C)(C)C)N1. The number of ether oxygens (including phenoxy) is 2. The number of fused-ring (bicyclic) bond motifs is 1. The van der Waals surface area contributed by atoms with Gasteiger partial charge in [-0.15, -0.1) is 0 Å². The molecule has 3 unspecified atom stereocenters. The first-order valence-corrected chi connectivity index (χ1v) is 21.5. The number of benzene rings is 1. The third-order valence-electron chi connectivity index (χ3n) is 7.34. The molecule has 0 saturated carbocycles. The zero-order chi connectivity index (χ0) is 29.7. The molecular weight excluding hydrogens is 546 g/mol. The second-order valence-electron chi connectivity index (χ2n) is 13.2. The molecule has 10 nitrogen and oxygen atoms in total. The molecule has 3 rings (SSSR count). The predicted octanol–water partition coefficient (Wildman–Crippen LogP) is 3.70. The number of hydrogen-bond donors (Lipinski definition) is 3. The van der Waals surface area contributed by atoms with E-state index in [2.05, 4.69) is 49.9 Å². The van der Waals surface area contributed by atoms with Crippen LogP contribution >= 0.6 is 0 Å². The van der Waals surface area contributed by atoms with E-state index < -0.39 is 46.3 Å². The van der Waals surface area contributed by atoms with Crippen molar-refractivity contribution in [2.24, 2.45) is 0 Å². The van der Waals surface area contributed by atoms with Gasteiger partial charge in [0.15, 0.2) is 0 Å². The molecule has 2 aliphatic heterocycles. The third-order valence-corrected chi connectivity index (χ3v) is 10.8. The maximum Gasteiger partial charge on any atom is 0.404 e. The molecule has 1 fully saturated rings. The minimum Gasteiger partial charge on any atom is -0.465 e. The van der Waals surface area contributed by atoms with E-state index in [1.54, 1.807) is 11.0 Å². The molecule has 1 aromatic rings. The highest BCUT2D eigenvalue weighted by atomic mass is 28.3. The smallest absolute Gasteiger partial charge is 0.404 e. The van der Waals surface area contributed by atoms with Crippen LogP contribution < -0.4 is 10.6 Å². The van der Waals surface area contributed by atoms with Gasteiger partial charge in [-0.05, 0) is 48.5 Å². The fourth-order valence-electron chi connectivity index (χ4n) is 4.88. The number of nitrogens with one attached hydrogen (secondary N) is 2. The molecule has 222 valence electrons. The van der Waals surface area contributed by atoms with Crippen LogP contribution in [-0.2, 0) is 32.0 Å². The van der Waals surface area contributed by atoms with Gasteiger partial charge in [0.25, 0.3) is 5.91 Å². The number of carboxylic acid groups (broad SMARTS) is 1. The predicted molar refractivity (Wildman–Crippen MR) is 158 cm³/mol. The Morgan fingerprint density at radius 3 is 2.23 bits per heavy atom. The highest BCUT2D eigenvalue weighted by molar-refractivity contribution is 6.76. The van der Waals surface area contributed by atoms with Crippen molar-refractivity contribution >= 4 is 40.1 Å². The molecule has 3 atom stereocenters. The number of piperidine rings is 1. The van der Waals surface area contributed by atoms with Crippen molar-refractivity contribution in [2.75, 3.05) is 19.8 Å². The molecule has 1 aromatic carbocycles. The average Bonchev–Trinajstić information content (AvgIpc) is 3.17. The van der Waals surface area contributed by atoms with Crippen molar-refractivity contribution in [1.82, 2.24) is 15.5 Å². The molecule has 0 aliphatic carbocycles. The summed E-state index contributed by atoms with van der Waals surface area (Å²) >= 11 is 0. The van der Waals surface area contributed by atoms with E-state index in [-0.39, 0.29) is 18.4 Å². The summed E-state index contributed by atoms with van der Waals surface area (Å²) in [7, 11) is -2.79. The Kier molecular flexibility index (Phi) is 10.6. The Bertz CT molecular complexity index is 1100. The van der Waals surface area contributed by atoms with Crippen molar-refractivity contribution in [3.05, 3.63) is 34.9 Å². The van der Waals surface area contributed by atoms with E-state index in [0.717, 1.165) is 23.2 Å². The molecule has 0 bridgehead atoms. The summed E-state index contributed by atoms with van der Waals surface area (Å²) in [5, 5.41) is 14.3. The van der Waals surface area contributed by atoms with Crippen molar-refractivity contribution in [1.29, 1.82) is 0 Å². The first-order valence-electron chi connectivity index (χ1n) is 14.1. The Morgan fingerprint density at radius 1 is 1.00 bits per heavy atom. The van der Waals surface area contributed by atoms with Gasteiger partial charge in [0.1, 0.15) is 12.1 Å². The third kappa shape index (κ3) is 9.17. The Morgan fingerprint density at radius 2 is 1.62 bits per heavy atom. The highest BCUT2D eigenvalue weighted by Gasteiger charge is 2.45. The van der Waals surface area contributed by atoms with Crippen LogP contribution in [0.25, 0.3) is 0 Å². The summed E-state index contributed by atoms with van der Waals surface area (Å²) in [5.41, 5.74) is 2.28. The van der Waals surface area contributed by atoms with Gasteiger partial charge in [-0.2, -0.15) is 0 Å². The number of esters is 2. The van der Waals surface area contributed by atoms with Crippen LogP contribution in [0, 0.1) is 0 Å². The van der Waals surface area contributed by atoms with Gasteiger partial charge in [-0.25, -0.2) is 4.79 Å². The molecule has 40 heavy (non-hydrogen) atoms. The van der Waals surface area contributed by atoms with Gasteiger partial charge in [-0.1, -0.05) is 51.4 Å². The van der Waals surface area contributed by atoms with Gasteiger partial charge in [0.2, 0.25) is 0 Å². The second kappa shape index (κ2) is 13.3. The fourth-order valence-corrected chi connectivity index (χ4v) is 6.30. The second-order valence-corrected chi connectivity index (χ2v) is 24.4. The van der Waals surface area contributed by atoms with Crippen LogP contribution in [0.5, 0.6) is 0 Å². The fraction of sp³-hybridized carbons (Fsp3) is 0.643. The van der Waals surface area contributed by atoms with Gasteiger partial charge >= 0.3 is 18.0 Å². The zero-order valence-electron chi connectivity index (χ0n) is 24.7. The maximum absolute atomic E-state index is 13.5. The zero-order valence-corrected chi connectivity index (χ0v) is 26.7. The number of carbonyl (C=O) groups excluding carboxylic acids is 3. The van der Waals surface area contributed by atoms with Gasteiger partial charge in [0, 0.05) is 34.8 Å². The lowest BCUT2D eigenvalue weighted by molar-refractivity contribution is -0.152. The molecule has 1 saturated heterocycles. The Hall–Kier alpha value is -2.71. The summed E-state index contributed by atoms with van der Waals surface area (Å²) in [5.74, 6) is -0.995. The van der Waals surface area contributed by atoms with E-state index in [1.165, 1.54) is 0 Å². The maximum atomic E-state index is 13.5. The molecule has 2 amide bonds. The lowest BCUT2D eigenvalue weighted by Crippen LogP contribution is -2.62. The van der Waals surface area contributed by atoms with Gasteiger partial charge in [0.05, 0.1) is 19.3 Å². The van der Waals surface area contributed by atoms with E-state index in [4.69, 9.17) is 14.6 Å². The topological polar surface area (TPSA) is 134 Å². The van der Waals surface area contributed by atoms with Crippen molar-refractivity contribution in [3.8, 4) is 0 Å². The Labute approximate surface area is 239 Å². The summed E-state index contributed by atoms with van der Waals surface area (Å²) in [6, 6.07) is 5.33. The largest absolute Gasteiger partial charge is 0.465 e. The first kappa shape index (κ1) is 31.8. The molecular formula is C28H45N3O7Si2. The lowest BCUT2D eigenvalue weighted by atomic mass is 9.92. The summed E-state index contributed by atoms with van der Waals surface area (Å²) < 4.78 is 11.3. The number of hydrogen-bond acceptors (Lipinski definition) is 7. The average molecular weight is 592 g/mol. The molecule has 2 heterocycles. The lowest BCUT2D eigenvalue weighted by Gasteiger charge is -2.39. The van der Waals surface area contributed by atoms with Crippen molar-refractivity contribution in [2.45, 2.75) is 95.3 Å². The molecule has 3 N–H and O–H groups in total. The minimum atomic E-state index is -1.42. The monoisotopic (exact) mass is 591 g/mol. The number of rotatable bonds is 12. The molecule has 2 aliphatic rings. The van der Waals surface area contributed by atoms with E-state index >= 15 is 0 Å². The summed E-state index contributed by atoms with van der Waals surface area (Å²) in [6.45, 7) is 14.6. The van der Waals surface area contributed by atoms with E-state index in [1.807, 2.05) is 12.1 Å². The normalized spacial score (nSPS) is 21.1. The van der Waals surface area contributed by atoms with Gasteiger partial charge < -0.3 is 24.8 Å². The van der Waals surface area contributed by atoms with Crippen LogP contribution in [0.3, 0.4) is 0 Å². The van der Waals surface area contributed by atoms with Crippen LogP contribution in [0.15, 0.2) is 18.2 Å². The molecule has 0 radical (unpaired) electrons. The summed E-state index contributed by atoms with van der Waals surface area (Å²) in [4.78, 5) is 52.3. The number of nitrogens with zero attached hydrogens (tertiary/aromatic N) is 1. The van der Waals surface area contributed by atoms with Crippen LogP contribution in [0.2, 0.25) is 51.4 Å². The standard InChI is InChI=1S/C28H45N3O7Si2/c1-39(2,3)15-13-37-26(33)22-9-10-23(24(30-22)27(34)38-14-16-40(4,5)6)31-18-20-8-7-19(11-12-29-28(35)36)17-21(20)25(31)32/h7-8,17,22-24,29-30H,9-16,18H2,1-6H3,(H,35,36). The number of amides is 2. The van der Waals surface area contributed by atoms with Crippen molar-refractivity contribution < 1.29 is 33.8 Å². The summed E-state index contributed by atoms with van der Waals surface area (Å²) in [6.07, 6.45) is 0.283. The van der Waals surface area contributed by atoms with Crippen molar-refractivity contribution in [3.63, 3.8) is 0 Å². The molecule has 0 aromatic heterocycles. The Balaban J connectivity index is 1.73. The number of carbonyl (C=O) groups is 4. The van der Waals surface area contributed by atoms with E-state index in [9.17, 15) is 19.2 Å². The molecule has 12 heteroatoms. The van der Waals surface area contributed by atoms with Crippen LogP contribution in [-0.4, -0.2) is 88.0 Å². The quantitative estimate of drug-likeness (QED) is 0.247. The highest BCUT2D eigenvalue weighted by Crippen LogP contribution is 2.31. The molecule has 0 spiro atoms. The van der Waals surface area contributed by atoms with Gasteiger partial charge in [-0.3, -0.25) is 19.7 Å². The van der Waals surface area contributed by atoms with Crippen LogP contribution in [0.1, 0.15) is 34.3 Å². The van der Waals surface area contributed by atoms with Crippen LogP contribution in [0.4, 0.5) is 4.79 Å².